The van der Waals surface area contributed by atoms with Gasteiger partial charge in [-0.3, -0.25) is 9.59 Å². The molecular weight excluding hydrogens is 375 g/mol. The molecule has 0 aliphatic carbocycles. The van der Waals surface area contributed by atoms with Gasteiger partial charge in [-0.05, 0) is 24.3 Å². The van der Waals surface area contributed by atoms with Gasteiger partial charge >= 0.3 is 6.18 Å². The van der Waals surface area contributed by atoms with Gasteiger partial charge < -0.3 is 10.2 Å². The van der Waals surface area contributed by atoms with Crippen molar-refractivity contribution in [1.29, 1.82) is 0 Å². The summed E-state index contributed by atoms with van der Waals surface area (Å²) in [4.78, 5) is 23.9. The molecule has 1 aromatic carbocycles. The second-order valence-corrected chi connectivity index (χ2v) is 7.65. The maximum absolute atomic E-state index is 12.6. The first kappa shape index (κ1) is 20.2. The highest BCUT2D eigenvalue weighted by molar-refractivity contribution is 7.89. The molecule has 0 saturated carbocycles. The molecular formula is C15H18F3N3O4S. The predicted octanol–water partition coefficient (Wildman–Crippen LogP) is 0.674. The molecule has 2 rings (SSSR count). The van der Waals surface area contributed by atoms with Gasteiger partial charge in [0.05, 0.1) is 17.0 Å². The highest BCUT2D eigenvalue weighted by Gasteiger charge is 2.33. The smallest absolute Gasteiger partial charge is 0.347 e. The molecule has 1 N–H and O–H groups in total. The minimum absolute atomic E-state index is 0.0230. The molecule has 1 saturated heterocycles. The highest BCUT2D eigenvalue weighted by atomic mass is 32.2. The summed E-state index contributed by atoms with van der Waals surface area (Å²) in [7, 11) is -3.94. The molecule has 1 aliphatic rings. The Labute approximate surface area is 148 Å². The lowest BCUT2D eigenvalue weighted by atomic mass is 10.2. The van der Waals surface area contributed by atoms with Gasteiger partial charge in [-0.2, -0.15) is 17.5 Å². The summed E-state index contributed by atoms with van der Waals surface area (Å²) in [6.45, 7) is 1.43. The molecule has 1 aliphatic heterocycles. The number of nitrogens with zero attached hydrogens (tertiary/aromatic N) is 2. The van der Waals surface area contributed by atoms with Crippen molar-refractivity contribution in [3.8, 4) is 0 Å². The van der Waals surface area contributed by atoms with E-state index in [1.807, 2.05) is 0 Å². The van der Waals surface area contributed by atoms with Gasteiger partial charge in [0.1, 0.15) is 0 Å². The van der Waals surface area contributed by atoms with Crippen LogP contribution in [0.3, 0.4) is 0 Å². The first-order valence-corrected chi connectivity index (χ1v) is 9.15. The molecule has 0 aromatic heterocycles. The third-order valence-corrected chi connectivity index (χ3v) is 5.81. The van der Waals surface area contributed by atoms with Crippen LogP contribution >= 0.6 is 0 Å². The monoisotopic (exact) mass is 393 g/mol. The zero-order valence-electron chi connectivity index (χ0n) is 13.9. The van der Waals surface area contributed by atoms with Crippen LogP contribution in [0.2, 0.25) is 0 Å². The van der Waals surface area contributed by atoms with Crippen LogP contribution in [-0.4, -0.2) is 62.2 Å². The van der Waals surface area contributed by atoms with E-state index in [0.29, 0.717) is 0 Å². The van der Waals surface area contributed by atoms with Gasteiger partial charge in [-0.25, -0.2) is 8.42 Å². The van der Waals surface area contributed by atoms with Gasteiger partial charge in [0.2, 0.25) is 21.8 Å². The summed E-state index contributed by atoms with van der Waals surface area (Å²) >= 11 is 0. The maximum Gasteiger partial charge on any atom is 0.416 e. The molecule has 7 nitrogen and oxygen atoms in total. The van der Waals surface area contributed by atoms with Gasteiger partial charge in [-0.1, -0.05) is 0 Å². The molecule has 0 atom stereocenters. The van der Waals surface area contributed by atoms with E-state index in [2.05, 4.69) is 5.32 Å². The van der Waals surface area contributed by atoms with Gasteiger partial charge in [0, 0.05) is 33.1 Å². The van der Waals surface area contributed by atoms with Crippen molar-refractivity contribution in [2.75, 3.05) is 32.7 Å². The lowest BCUT2D eigenvalue weighted by Gasteiger charge is -2.34. The lowest BCUT2D eigenvalue weighted by Crippen LogP contribution is -2.52. The molecule has 2 amide bonds. The molecule has 11 heteroatoms. The Morgan fingerprint density at radius 1 is 1.08 bits per heavy atom. The van der Waals surface area contributed by atoms with E-state index in [4.69, 9.17) is 0 Å². The Bertz CT molecular complexity index is 770. The Morgan fingerprint density at radius 3 is 2.08 bits per heavy atom. The minimum atomic E-state index is -4.54. The van der Waals surface area contributed by atoms with E-state index in [1.54, 1.807) is 0 Å². The first-order valence-electron chi connectivity index (χ1n) is 7.71. The number of carbonyl (C=O) groups excluding carboxylic acids is 2. The standard InChI is InChI=1S/C15H18F3N3O4S/c1-11(22)19-10-14(23)20-6-8-21(9-7-20)26(24,25)13-4-2-12(3-5-13)15(16,17)18/h2-5H,6-10H2,1H3,(H,19,22). The third-order valence-electron chi connectivity index (χ3n) is 3.90. The molecule has 1 fully saturated rings. The summed E-state index contributed by atoms with van der Waals surface area (Å²) in [6.07, 6.45) is -4.54. The van der Waals surface area contributed by atoms with Gasteiger partial charge in [0.15, 0.2) is 0 Å². The number of piperazine rings is 1. The number of carbonyl (C=O) groups is 2. The van der Waals surface area contributed by atoms with E-state index in [1.165, 1.54) is 11.8 Å². The summed E-state index contributed by atoms with van der Waals surface area (Å²) < 4.78 is 63.9. The van der Waals surface area contributed by atoms with E-state index < -0.39 is 21.8 Å². The zero-order chi connectivity index (χ0) is 19.5. The number of alkyl halides is 3. The fourth-order valence-corrected chi connectivity index (χ4v) is 3.88. The number of nitrogens with one attached hydrogen (secondary N) is 1. The summed E-state index contributed by atoms with van der Waals surface area (Å²) in [5, 5.41) is 2.37. The van der Waals surface area contributed by atoms with Crippen LogP contribution in [0.4, 0.5) is 13.2 Å². The Balaban J connectivity index is 2.01. The van der Waals surface area contributed by atoms with Crippen molar-refractivity contribution in [1.82, 2.24) is 14.5 Å². The Hall–Kier alpha value is -2.14. The van der Waals surface area contributed by atoms with E-state index in [-0.39, 0.29) is 49.4 Å². The summed E-state index contributed by atoms with van der Waals surface area (Å²) in [5.41, 5.74) is -0.926. The highest BCUT2D eigenvalue weighted by Crippen LogP contribution is 2.30. The fourth-order valence-electron chi connectivity index (χ4n) is 2.45. The normalized spacial score (nSPS) is 16.4. The molecule has 144 valence electrons. The number of halogens is 3. The molecule has 1 heterocycles. The molecule has 0 bridgehead atoms. The number of hydrogen-bond donors (Lipinski definition) is 1. The van der Waals surface area contributed by atoms with Crippen molar-refractivity contribution in [2.24, 2.45) is 0 Å². The average Bonchev–Trinajstić information content (AvgIpc) is 2.59. The molecule has 0 unspecified atom stereocenters. The largest absolute Gasteiger partial charge is 0.416 e. The SMILES string of the molecule is CC(=O)NCC(=O)N1CCN(S(=O)(=O)c2ccc(C(F)(F)F)cc2)CC1. The number of sulfonamides is 1. The Kier molecular flexibility index (Phi) is 5.91. The number of benzene rings is 1. The minimum Gasteiger partial charge on any atom is -0.347 e. The van der Waals surface area contributed by atoms with Crippen LogP contribution in [0.5, 0.6) is 0 Å². The summed E-state index contributed by atoms with van der Waals surface area (Å²) in [6, 6.07) is 3.29. The van der Waals surface area contributed by atoms with Crippen molar-refractivity contribution in [3.63, 3.8) is 0 Å². The topological polar surface area (TPSA) is 86.8 Å². The van der Waals surface area contributed by atoms with Crippen LogP contribution < -0.4 is 5.32 Å². The van der Waals surface area contributed by atoms with E-state index in [9.17, 15) is 31.2 Å². The second kappa shape index (κ2) is 7.62. The van der Waals surface area contributed by atoms with Crippen molar-refractivity contribution in [2.45, 2.75) is 18.0 Å². The average molecular weight is 393 g/mol. The number of rotatable bonds is 4. The van der Waals surface area contributed by atoms with Crippen LogP contribution in [0.1, 0.15) is 12.5 Å². The van der Waals surface area contributed by atoms with Crippen LogP contribution in [0.25, 0.3) is 0 Å². The maximum atomic E-state index is 12.6. The van der Waals surface area contributed by atoms with Crippen molar-refractivity contribution < 1.29 is 31.2 Å². The number of amides is 2. The lowest BCUT2D eigenvalue weighted by molar-refractivity contribution is -0.137. The van der Waals surface area contributed by atoms with E-state index >= 15 is 0 Å². The number of hydrogen-bond acceptors (Lipinski definition) is 4. The first-order chi connectivity index (χ1) is 12.0. The van der Waals surface area contributed by atoms with Crippen LogP contribution in [-0.2, 0) is 25.8 Å². The van der Waals surface area contributed by atoms with E-state index in [0.717, 1.165) is 28.6 Å². The molecule has 1 aromatic rings. The molecule has 0 radical (unpaired) electrons. The fraction of sp³-hybridized carbons (Fsp3) is 0.467. The quantitative estimate of drug-likeness (QED) is 0.815. The molecule has 0 spiro atoms. The molecule has 26 heavy (non-hydrogen) atoms. The zero-order valence-corrected chi connectivity index (χ0v) is 14.7. The van der Waals surface area contributed by atoms with Crippen LogP contribution in [0, 0.1) is 0 Å². The second-order valence-electron chi connectivity index (χ2n) is 5.72. The van der Waals surface area contributed by atoms with Crippen LogP contribution in [0.15, 0.2) is 29.2 Å². The van der Waals surface area contributed by atoms with Gasteiger partial charge in [0.25, 0.3) is 0 Å². The van der Waals surface area contributed by atoms with Crippen molar-refractivity contribution >= 4 is 21.8 Å². The predicted molar refractivity (Wildman–Crippen MR) is 85.5 cm³/mol. The summed E-state index contributed by atoms with van der Waals surface area (Å²) in [5.74, 6) is -0.673. The van der Waals surface area contributed by atoms with Gasteiger partial charge in [-0.15, -0.1) is 0 Å². The van der Waals surface area contributed by atoms with Crippen molar-refractivity contribution in [3.05, 3.63) is 29.8 Å². The third kappa shape index (κ3) is 4.73. The Morgan fingerprint density at radius 2 is 1.62 bits per heavy atom.